The Morgan fingerprint density at radius 2 is 1.83 bits per heavy atom. The zero-order valence-electron chi connectivity index (χ0n) is 19.9. The molecule has 2 unspecified atom stereocenters. The molecule has 3 aromatic rings. The highest BCUT2D eigenvalue weighted by Crippen LogP contribution is 2.38. The molecule has 0 radical (unpaired) electrons. The number of nitrogens with zero attached hydrogens (tertiary/aromatic N) is 1. The van der Waals surface area contributed by atoms with Crippen LogP contribution < -0.4 is 20.1 Å². The third-order valence-electron chi connectivity index (χ3n) is 5.59. The van der Waals surface area contributed by atoms with E-state index in [1.165, 1.54) is 23.5 Å². The van der Waals surface area contributed by atoms with Crippen molar-refractivity contribution >= 4 is 40.5 Å². The van der Waals surface area contributed by atoms with Crippen molar-refractivity contribution < 1.29 is 27.4 Å². The van der Waals surface area contributed by atoms with Gasteiger partial charge in [-0.1, -0.05) is 13.0 Å². The number of benzene rings is 2. The molecule has 1 aromatic heterocycles. The summed E-state index contributed by atoms with van der Waals surface area (Å²) in [6.45, 7) is 6.64. The first kappa shape index (κ1) is 25.6. The molecule has 190 valence electrons. The lowest BCUT2D eigenvalue weighted by Gasteiger charge is -2.27. The molecule has 0 spiro atoms. The smallest absolute Gasteiger partial charge is 0.491 e. The minimum Gasteiger partial charge on any atom is -0.491 e. The van der Waals surface area contributed by atoms with Gasteiger partial charge in [-0.05, 0) is 61.2 Å². The minimum absolute atomic E-state index is 0.0707. The molecule has 6 nitrogen and oxygen atoms in total. The van der Waals surface area contributed by atoms with Gasteiger partial charge >= 0.3 is 6.36 Å². The second-order valence-electron chi connectivity index (χ2n) is 8.70. The summed E-state index contributed by atoms with van der Waals surface area (Å²) in [5.74, 6) is 0.396. The number of nitrogens with one attached hydrogen (secondary N) is 2. The van der Waals surface area contributed by atoms with E-state index in [1.54, 1.807) is 0 Å². The van der Waals surface area contributed by atoms with E-state index in [2.05, 4.69) is 27.3 Å². The van der Waals surface area contributed by atoms with Gasteiger partial charge in [0.2, 0.25) is 0 Å². The molecule has 0 aliphatic carbocycles. The molecule has 4 rings (SSSR count). The van der Waals surface area contributed by atoms with E-state index in [1.807, 2.05) is 49.7 Å². The maximum atomic E-state index is 12.9. The molecule has 1 aliphatic rings. The first-order valence-corrected chi connectivity index (χ1v) is 12.3. The number of rotatable bonds is 8. The molecule has 2 heterocycles. The maximum Gasteiger partial charge on any atom is 0.573 e. The van der Waals surface area contributed by atoms with Crippen molar-refractivity contribution in [1.82, 2.24) is 0 Å². The van der Waals surface area contributed by atoms with Crippen LogP contribution in [-0.4, -0.2) is 31.1 Å². The van der Waals surface area contributed by atoms with Gasteiger partial charge in [0.25, 0.3) is 5.91 Å². The number of ether oxygens (including phenoxy) is 2. The van der Waals surface area contributed by atoms with Crippen LogP contribution >= 0.6 is 11.3 Å². The summed E-state index contributed by atoms with van der Waals surface area (Å²) in [4.78, 5) is 17.9. The highest BCUT2D eigenvalue weighted by Gasteiger charge is 2.31. The Morgan fingerprint density at radius 3 is 2.53 bits per heavy atom. The van der Waals surface area contributed by atoms with Gasteiger partial charge in [-0.15, -0.1) is 24.5 Å². The summed E-state index contributed by atoms with van der Waals surface area (Å²) in [6.07, 6.45) is -2.77. The number of anilines is 2. The summed E-state index contributed by atoms with van der Waals surface area (Å²) >= 11 is 1.28. The number of carbonyl (C=O) groups excluding carboxylic acids is 1. The zero-order chi connectivity index (χ0) is 25.9. The topological polar surface area (TPSA) is 72.0 Å². The molecule has 1 amide bonds. The van der Waals surface area contributed by atoms with E-state index in [-0.39, 0.29) is 29.6 Å². The Labute approximate surface area is 211 Å². The molecular formula is C26H26F3N3O3S. The lowest BCUT2D eigenvalue weighted by atomic mass is 9.84. The fourth-order valence-corrected chi connectivity index (χ4v) is 4.71. The van der Waals surface area contributed by atoms with Crippen LogP contribution in [0.15, 0.2) is 58.9 Å². The molecule has 2 N–H and O–H groups in total. The first-order chi connectivity index (χ1) is 17.1. The second kappa shape index (κ2) is 10.6. The fraction of sp³-hybridized carbons (Fsp3) is 0.308. The Hall–Kier alpha value is -3.53. The summed E-state index contributed by atoms with van der Waals surface area (Å²) in [5.41, 5.74) is 3.03. The number of aliphatic imine (C=N–C) groups is 1. The summed E-state index contributed by atoms with van der Waals surface area (Å²) in [6, 6.07) is 12.8. The van der Waals surface area contributed by atoms with Crippen LogP contribution in [0.5, 0.6) is 11.5 Å². The number of hydrogen-bond acceptors (Lipinski definition) is 6. The average Bonchev–Trinajstić information content (AvgIpc) is 3.27. The number of halogens is 3. The van der Waals surface area contributed by atoms with Crippen molar-refractivity contribution in [1.29, 1.82) is 0 Å². The largest absolute Gasteiger partial charge is 0.573 e. The highest BCUT2D eigenvalue weighted by molar-refractivity contribution is 7.12. The predicted octanol–water partition coefficient (Wildman–Crippen LogP) is 7.23. The van der Waals surface area contributed by atoms with E-state index in [0.29, 0.717) is 22.8 Å². The van der Waals surface area contributed by atoms with Crippen molar-refractivity contribution in [3.63, 3.8) is 0 Å². The minimum atomic E-state index is -4.77. The quantitative estimate of drug-likeness (QED) is 0.331. The standard InChI is InChI=1S/C26H26F3N3O3S/c1-15(2)34-19-8-9-20-21(16(3)13-30-23(20)12-19)14-31-22-10-11-36-24(22)25(33)32-17-4-6-18(7-5-17)35-26(27,28)29/h4-13,15-16,21,31H,14H2,1-3H3,(H,32,33). The molecule has 0 fully saturated rings. The van der Waals surface area contributed by atoms with Gasteiger partial charge in [-0.3, -0.25) is 9.79 Å². The normalized spacial score (nSPS) is 17.0. The van der Waals surface area contributed by atoms with Gasteiger partial charge in [0.15, 0.2) is 0 Å². The van der Waals surface area contributed by atoms with Gasteiger partial charge in [0, 0.05) is 36.3 Å². The van der Waals surface area contributed by atoms with Gasteiger partial charge in [0.1, 0.15) is 16.4 Å². The third kappa shape index (κ3) is 6.37. The highest BCUT2D eigenvalue weighted by atomic mass is 32.1. The van der Waals surface area contributed by atoms with Crippen LogP contribution in [-0.2, 0) is 0 Å². The Balaban J connectivity index is 1.42. The lowest BCUT2D eigenvalue weighted by molar-refractivity contribution is -0.274. The van der Waals surface area contributed by atoms with E-state index >= 15 is 0 Å². The average molecular weight is 518 g/mol. The number of amides is 1. The lowest BCUT2D eigenvalue weighted by Crippen LogP contribution is -2.23. The van der Waals surface area contributed by atoms with Crippen molar-refractivity contribution in [2.75, 3.05) is 17.2 Å². The van der Waals surface area contributed by atoms with E-state index in [0.717, 1.165) is 29.1 Å². The Bertz CT molecular complexity index is 1240. The van der Waals surface area contributed by atoms with Crippen molar-refractivity contribution in [2.45, 2.75) is 39.2 Å². The number of carbonyl (C=O) groups is 1. The molecule has 2 aromatic carbocycles. The molecule has 0 bridgehead atoms. The summed E-state index contributed by atoms with van der Waals surface area (Å²) in [5, 5.41) is 7.93. The number of thiophene rings is 1. The monoisotopic (exact) mass is 517 g/mol. The predicted molar refractivity (Wildman–Crippen MR) is 136 cm³/mol. The van der Waals surface area contributed by atoms with Gasteiger partial charge in [-0.25, -0.2) is 0 Å². The van der Waals surface area contributed by atoms with Crippen LogP contribution in [0.1, 0.15) is 41.9 Å². The second-order valence-corrected chi connectivity index (χ2v) is 9.62. The molecule has 10 heteroatoms. The molecule has 0 saturated carbocycles. The van der Waals surface area contributed by atoms with Crippen LogP contribution in [0.3, 0.4) is 0 Å². The molecular weight excluding hydrogens is 491 g/mol. The molecule has 36 heavy (non-hydrogen) atoms. The van der Waals surface area contributed by atoms with Crippen LogP contribution in [0, 0.1) is 5.92 Å². The van der Waals surface area contributed by atoms with Crippen LogP contribution in [0.2, 0.25) is 0 Å². The van der Waals surface area contributed by atoms with Crippen LogP contribution in [0.25, 0.3) is 0 Å². The molecule has 0 saturated heterocycles. The third-order valence-corrected chi connectivity index (χ3v) is 6.50. The molecule has 1 aliphatic heterocycles. The summed E-state index contributed by atoms with van der Waals surface area (Å²) in [7, 11) is 0. The van der Waals surface area contributed by atoms with Crippen molar-refractivity contribution in [3.8, 4) is 11.5 Å². The Kier molecular flexibility index (Phi) is 7.53. The van der Waals surface area contributed by atoms with Crippen LogP contribution in [0.4, 0.5) is 30.2 Å². The first-order valence-electron chi connectivity index (χ1n) is 11.4. The van der Waals surface area contributed by atoms with Crippen molar-refractivity contribution in [3.05, 3.63) is 64.4 Å². The van der Waals surface area contributed by atoms with Crippen molar-refractivity contribution in [2.24, 2.45) is 10.9 Å². The SMILES string of the molecule is CC(C)Oc1ccc2c(c1)N=CC(C)C2CNc1ccsc1C(=O)Nc1ccc(OC(F)(F)F)cc1. The number of alkyl halides is 3. The van der Waals surface area contributed by atoms with E-state index < -0.39 is 6.36 Å². The summed E-state index contributed by atoms with van der Waals surface area (Å²) < 4.78 is 46.7. The number of hydrogen-bond donors (Lipinski definition) is 2. The van der Waals surface area contributed by atoms with E-state index in [9.17, 15) is 18.0 Å². The molecule has 2 atom stereocenters. The van der Waals surface area contributed by atoms with Gasteiger partial charge in [-0.2, -0.15) is 0 Å². The maximum absolute atomic E-state index is 12.9. The zero-order valence-corrected chi connectivity index (χ0v) is 20.7. The van der Waals surface area contributed by atoms with Gasteiger partial charge in [0.05, 0.1) is 17.5 Å². The number of fused-ring (bicyclic) bond motifs is 1. The van der Waals surface area contributed by atoms with E-state index in [4.69, 9.17) is 4.74 Å². The fourth-order valence-electron chi connectivity index (χ4n) is 3.95. The Morgan fingerprint density at radius 1 is 1.11 bits per heavy atom. The van der Waals surface area contributed by atoms with Gasteiger partial charge < -0.3 is 20.1 Å².